The van der Waals surface area contributed by atoms with E-state index in [0.717, 1.165) is 12.8 Å². The first-order valence-corrected chi connectivity index (χ1v) is 7.04. The highest BCUT2D eigenvalue weighted by Gasteiger charge is 2.14. The molecule has 2 amide bonds. The summed E-state index contributed by atoms with van der Waals surface area (Å²) in [6, 6.07) is -0.361. The summed E-state index contributed by atoms with van der Waals surface area (Å²) in [6.45, 7) is 0.695. The van der Waals surface area contributed by atoms with E-state index in [0.29, 0.717) is 24.9 Å². The highest BCUT2D eigenvalue weighted by atomic mass is 16.5. The molecule has 0 spiro atoms. The van der Waals surface area contributed by atoms with Crippen molar-refractivity contribution in [2.24, 2.45) is 0 Å². The summed E-state index contributed by atoms with van der Waals surface area (Å²) in [4.78, 5) is 22.1. The van der Waals surface area contributed by atoms with Crippen molar-refractivity contribution in [2.45, 2.75) is 38.3 Å². The molecule has 116 valence electrons. The van der Waals surface area contributed by atoms with E-state index in [4.69, 9.17) is 9.84 Å². The molecule has 1 fully saturated rings. The van der Waals surface area contributed by atoms with Crippen molar-refractivity contribution in [3.63, 3.8) is 0 Å². The first-order valence-electron chi connectivity index (χ1n) is 7.04. The molecule has 2 rings (SSSR count). The van der Waals surface area contributed by atoms with Crippen molar-refractivity contribution < 1.29 is 19.4 Å². The lowest BCUT2D eigenvalue weighted by Gasteiger charge is -2.11. The zero-order valence-corrected chi connectivity index (χ0v) is 11.7. The molecule has 1 aromatic heterocycles. The number of nitrogens with one attached hydrogen (secondary N) is 2. The van der Waals surface area contributed by atoms with Gasteiger partial charge in [0.15, 0.2) is 0 Å². The minimum absolute atomic E-state index is 0.238. The van der Waals surface area contributed by atoms with Crippen LogP contribution < -0.4 is 10.6 Å². The molecule has 1 aliphatic carbocycles. The molecule has 3 N–H and O–H groups in total. The predicted octanol–water partition coefficient (Wildman–Crippen LogP) is 1.05. The number of carboxylic acid groups (broad SMARTS) is 1. The van der Waals surface area contributed by atoms with Gasteiger partial charge in [0.1, 0.15) is 6.54 Å². The SMILES string of the molecule is O=C(O)Cn1cc(NC(=O)NCCOC2CCCC2)cn1. The summed E-state index contributed by atoms with van der Waals surface area (Å²) >= 11 is 0. The largest absolute Gasteiger partial charge is 0.480 e. The number of rotatable bonds is 7. The fourth-order valence-electron chi connectivity index (χ4n) is 2.27. The Morgan fingerprint density at radius 3 is 2.90 bits per heavy atom. The molecule has 8 heteroatoms. The third-order valence-corrected chi connectivity index (χ3v) is 3.23. The van der Waals surface area contributed by atoms with Crippen molar-refractivity contribution in [1.29, 1.82) is 0 Å². The van der Waals surface area contributed by atoms with Gasteiger partial charge >= 0.3 is 12.0 Å². The van der Waals surface area contributed by atoms with Crippen LogP contribution in [0.2, 0.25) is 0 Å². The molecule has 0 aliphatic heterocycles. The first kappa shape index (κ1) is 15.3. The van der Waals surface area contributed by atoms with Crippen LogP contribution in [0.25, 0.3) is 0 Å². The fourth-order valence-corrected chi connectivity index (χ4v) is 2.27. The van der Waals surface area contributed by atoms with Gasteiger partial charge in [0.05, 0.1) is 24.6 Å². The minimum Gasteiger partial charge on any atom is -0.480 e. The third kappa shape index (κ3) is 5.42. The van der Waals surface area contributed by atoms with Crippen LogP contribution in [0.1, 0.15) is 25.7 Å². The van der Waals surface area contributed by atoms with Crippen molar-refractivity contribution in [1.82, 2.24) is 15.1 Å². The molecule has 1 aliphatic rings. The lowest BCUT2D eigenvalue weighted by molar-refractivity contribution is -0.137. The van der Waals surface area contributed by atoms with E-state index in [9.17, 15) is 9.59 Å². The Morgan fingerprint density at radius 2 is 2.19 bits per heavy atom. The first-order chi connectivity index (χ1) is 10.1. The highest BCUT2D eigenvalue weighted by Crippen LogP contribution is 2.20. The van der Waals surface area contributed by atoms with Gasteiger partial charge in [-0.3, -0.25) is 9.48 Å². The summed E-state index contributed by atoms with van der Waals surface area (Å²) < 4.78 is 6.86. The van der Waals surface area contributed by atoms with E-state index >= 15 is 0 Å². The zero-order chi connectivity index (χ0) is 15.1. The van der Waals surface area contributed by atoms with Crippen LogP contribution in [-0.4, -0.2) is 46.1 Å². The van der Waals surface area contributed by atoms with Crippen LogP contribution in [-0.2, 0) is 16.1 Å². The van der Waals surface area contributed by atoms with Crippen LogP contribution in [0.5, 0.6) is 0 Å². The van der Waals surface area contributed by atoms with Crippen LogP contribution in [0, 0.1) is 0 Å². The number of carbonyl (C=O) groups excluding carboxylic acids is 1. The maximum absolute atomic E-state index is 11.6. The van der Waals surface area contributed by atoms with Crippen molar-refractivity contribution in [3.05, 3.63) is 12.4 Å². The van der Waals surface area contributed by atoms with Gasteiger partial charge in [-0.25, -0.2) is 4.79 Å². The summed E-state index contributed by atoms with van der Waals surface area (Å²) in [5, 5.41) is 17.7. The monoisotopic (exact) mass is 296 g/mol. The van der Waals surface area contributed by atoms with Gasteiger partial charge < -0.3 is 20.5 Å². The van der Waals surface area contributed by atoms with Gasteiger partial charge in [-0.2, -0.15) is 5.10 Å². The lowest BCUT2D eigenvalue weighted by atomic mass is 10.3. The number of urea groups is 1. The summed E-state index contributed by atoms with van der Waals surface area (Å²) in [5.74, 6) is -0.988. The van der Waals surface area contributed by atoms with E-state index in [1.54, 1.807) is 0 Å². The van der Waals surface area contributed by atoms with Gasteiger partial charge in [-0.15, -0.1) is 0 Å². The van der Waals surface area contributed by atoms with Crippen molar-refractivity contribution in [2.75, 3.05) is 18.5 Å². The fraction of sp³-hybridized carbons (Fsp3) is 0.615. The number of aromatic nitrogens is 2. The average Bonchev–Trinajstić information content (AvgIpc) is 3.06. The molecule has 1 aromatic rings. The quantitative estimate of drug-likeness (QED) is 0.652. The maximum atomic E-state index is 11.6. The number of anilines is 1. The van der Waals surface area contributed by atoms with E-state index in [1.165, 1.54) is 29.9 Å². The number of hydrogen-bond donors (Lipinski definition) is 3. The Balaban J connectivity index is 1.62. The van der Waals surface area contributed by atoms with Gasteiger partial charge in [0, 0.05) is 12.7 Å². The van der Waals surface area contributed by atoms with Gasteiger partial charge in [0.2, 0.25) is 0 Å². The molecular weight excluding hydrogens is 276 g/mol. The molecule has 0 radical (unpaired) electrons. The Labute approximate surface area is 122 Å². The van der Waals surface area contributed by atoms with Crippen molar-refractivity contribution >= 4 is 17.7 Å². The van der Waals surface area contributed by atoms with Gasteiger partial charge in [-0.05, 0) is 12.8 Å². The molecule has 21 heavy (non-hydrogen) atoms. The Hall–Kier alpha value is -2.09. The number of carbonyl (C=O) groups is 2. The number of nitrogens with zero attached hydrogens (tertiary/aromatic N) is 2. The number of hydrogen-bond acceptors (Lipinski definition) is 4. The van der Waals surface area contributed by atoms with Crippen LogP contribution >= 0.6 is 0 Å². The molecule has 0 unspecified atom stereocenters. The standard InChI is InChI=1S/C13H20N4O4/c18-12(19)9-17-8-10(7-15-17)16-13(20)14-5-6-21-11-3-1-2-4-11/h7-8,11H,1-6,9H2,(H,18,19)(H2,14,16,20). The molecule has 0 bridgehead atoms. The molecule has 1 saturated carbocycles. The second kappa shape index (κ2) is 7.63. The maximum Gasteiger partial charge on any atom is 0.325 e. The number of ether oxygens (including phenoxy) is 1. The normalized spacial score (nSPS) is 15.0. The molecule has 8 nitrogen and oxygen atoms in total. The lowest BCUT2D eigenvalue weighted by Crippen LogP contribution is -2.32. The molecule has 0 atom stereocenters. The Morgan fingerprint density at radius 1 is 1.43 bits per heavy atom. The van der Waals surface area contributed by atoms with E-state index in [-0.39, 0.29) is 12.6 Å². The molecule has 0 saturated heterocycles. The highest BCUT2D eigenvalue weighted by molar-refractivity contribution is 5.88. The number of carboxylic acids is 1. The van der Waals surface area contributed by atoms with Gasteiger partial charge in [-0.1, -0.05) is 12.8 Å². The molecular formula is C13H20N4O4. The topological polar surface area (TPSA) is 105 Å². The van der Waals surface area contributed by atoms with Gasteiger partial charge in [0.25, 0.3) is 0 Å². The van der Waals surface area contributed by atoms with E-state index < -0.39 is 5.97 Å². The van der Waals surface area contributed by atoms with Crippen molar-refractivity contribution in [3.8, 4) is 0 Å². The molecule has 1 heterocycles. The minimum atomic E-state index is -0.988. The van der Waals surface area contributed by atoms with E-state index in [2.05, 4.69) is 15.7 Å². The Bertz CT molecular complexity index is 482. The second-order valence-corrected chi connectivity index (χ2v) is 4.98. The predicted molar refractivity (Wildman–Crippen MR) is 75.1 cm³/mol. The average molecular weight is 296 g/mol. The second-order valence-electron chi connectivity index (χ2n) is 4.98. The summed E-state index contributed by atoms with van der Waals surface area (Å²) in [6.07, 6.45) is 7.85. The molecule has 0 aromatic carbocycles. The summed E-state index contributed by atoms with van der Waals surface area (Å²) in [7, 11) is 0. The third-order valence-electron chi connectivity index (χ3n) is 3.23. The number of aliphatic carboxylic acids is 1. The zero-order valence-electron chi connectivity index (χ0n) is 11.7. The smallest absolute Gasteiger partial charge is 0.325 e. The van der Waals surface area contributed by atoms with Crippen LogP contribution in [0.4, 0.5) is 10.5 Å². The number of amides is 2. The Kier molecular flexibility index (Phi) is 5.56. The van der Waals surface area contributed by atoms with Crippen LogP contribution in [0.3, 0.4) is 0 Å². The summed E-state index contributed by atoms with van der Waals surface area (Å²) in [5.41, 5.74) is 0.450. The van der Waals surface area contributed by atoms with E-state index in [1.807, 2.05) is 0 Å². The van der Waals surface area contributed by atoms with Crippen LogP contribution in [0.15, 0.2) is 12.4 Å².